The highest BCUT2D eigenvalue weighted by atomic mass is 32.2. The maximum absolute atomic E-state index is 12.9. The molecule has 3 aromatic rings. The Morgan fingerprint density at radius 2 is 1.66 bits per heavy atom. The van der Waals surface area contributed by atoms with Gasteiger partial charge in [-0.15, -0.1) is 0 Å². The minimum atomic E-state index is -3.93. The Balaban J connectivity index is 1.75. The third kappa shape index (κ3) is 4.38. The number of nitrogens with one attached hydrogen (secondary N) is 1. The normalized spacial score (nSPS) is 11.1. The monoisotopic (exact) mass is 412 g/mol. The van der Waals surface area contributed by atoms with Crippen LogP contribution in [0.25, 0.3) is 0 Å². The number of ether oxygens (including phenoxy) is 1. The fourth-order valence-electron chi connectivity index (χ4n) is 2.71. The molecule has 0 bridgehead atoms. The molecular weight excluding hydrogens is 392 g/mol. The summed E-state index contributed by atoms with van der Waals surface area (Å²) in [7, 11) is -2.40. The smallest absolute Gasteiger partial charge is 0.269 e. The molecule has 8 heteroatoms. The van der Waals surface area contributed by atoms with Crippen molar-refractivity contribution in [2.24, 2.45) is 0 Å². The number of aryl methyl sites for hydroxylation is 1. The predicted molar refractivity (Wildman–Crippen MR) is 108 cm³/mol. The van der Waals surface area contributed by atoms with Gasteiger partial charge in [-0.2, -0.15) is 0 Å². The molecule has 1 heterocycles. The van der Waals surface area contributed by atoms with Crippen LogP contribution in [0.15, 0.2) is 71.8 Å². The van der Waals surface area contributed by atoms with Gasteiger partial charge < -0.3 is 10.1 Å². The van der Waals surface area contributed by atoms with Crippen LogP contribution in [0.1, 0.15) is 26.4 Å². The highest BCUT2D eigenvalue weighted by Gasteiger charge is 2.23. The fourth-order valence-corrected chi connectivity index (χ4v) is 4.05. The van der Waals surface area contributed by atoms with Gasteiger partial charge in [-0.05, 0) is 55.5 Å². The third-order valence-electron chi connectivity index (χ3n) is 4.34. The van der Waals surface area contributed by atoms with Gasteiger partial charge in [0.2, 0.25) is 0 Å². The zero-order valence-electron chi connectivity index (χ0n) is 16.0. The van der Waals surface area contributed by atoms with E-state index >= 15 is 0 Å². The second-order valence-electron chi connectivity index (χ2n) is 6.34. The Bertz CT molecular complexity index is 1130. The maximum atomic E-state index is 12.9. The number of Topliss-reactive ketones (excluding diaryl/α,β-unsaturated/α-hetero) is 1. The maximum Gasteiger partial charge on any atom is 0.269 e. The molecule has 29 heavy (non-hydrogen) atoms. The molecule has 7 nitrogen and oxygen atoms in total. The average molecular weight is 412 g/mol. The van der Waals surface area contributed by atoms with Gasteiger partial charge in [0.1, 0.15) is 11.4 Å². The van der Waals surface area contributed by atoms with Crippen LogP contribution in [0.3, 0.4) is 0 Å². The van der Waals surface area contributed by atoms with Crippen molar-refractivity contribution in [3.8, 4) is 5.75 Å². The van der Waals surface area contributed by atoms with Crippen molar-refractivity contribution in [2.75, 3.05) is 13.7 Å². The molecule has 0 aliphatic heterocycles. The summed E-state index contributed by atoms with van der Waals surface area (Å²) < 4.78 is 31.7. The molecule has 0 aliphatic rings. The first kappa shape index (κ1) is 20.3. The van der Waals surface area contributed by atoms with E-state index in [2.05, 4.69) is 5.32 Å². The summed E-state index contributed by atoms with van der Waals surface area (Å²) in [4.78, 5) is 24.9. The second kappa shape index (κ2) is 8.32. The first-order valence-corrected chi connectivity index (χ1v) is 10.2. The summed E-state index contributed by atoms with van der Waals surface area (Å²) in [5.41, 5.74) is 1.26. The zero-order valence-corrected chi connectivity index (χ0v) is 16.8. The van der Waals surface area contributed by atoms with Gasteiger partial charge in [0, 0.05) is 11.8 Å². The van der Waals surface area contributed by atoms with Crippen LogP contribution in [0.5, 0.6) is 5.75 Å². The van der Waals surface area contributed by atoms with Crippen molar-refractivity contribution in [1.82, 2.24) is 9.29 Å². The second-order valence-corrected chi connectivity index (χ2v) is 8.16. The van der Waals surface area contributed by atoms with Crippen molar-refractivity contribution in [2.45, 2.75) is 11.8 Å². The Morgan fingerprint density at radius 1 is 1.00 bits per heavy atom. The van der Waals surface area contributed by atoms with E-state index in [0.717, 1.165) is 9.54 Å². The molecule has 3 rings (SSSR count). The van der Waals surface area contributed by atoms with Crippen LogP contribution in [-0.4, -0.2) is 37.7 Å². The van der Waals surface area contributed by atoms with Gasteiger partial charge in [0.05, 0.1) is 18.6 Å². The topological polar surface area (TPSA) is 94.5 Å². The quantitative estimate of drug-likeness (QED) is 0.602. The Labute approximate surface area is 169 Å². The summed E-state index contributed by atoms with van der Waals surface area (Å²) >= 11 is 0. The Hall–Kier alpha value is -3.39. The number of ketones is 1. The highest BCUT2D eigenvalue weighted by molar-refractivity contribution is 7.90. The molecule has 0 aliphatic carbocycles. The van der Waals surface area contributed by atoms with Crippen LogP contribution in [-0.2, 0) is 10.0 Å². The summed E-state index contributed by atoms with van der Waals surface area (Å²) in [6.07, 6.45) is 1.30. The van der Waals surface area contributed by atoms with Crippen molar-refractivity contribution < 1.29 is 22.7 Å². The van der Waals surface area contributed by atoms with E-state index in [1.807, 2.05) is 6.92 Å². The molecule has 150 valence electrons. The van der Waals surface area contributed by atoms with Crippen molar-refractivity contribution >= 4 is 21.7 Å². The molecule has 0 spiro atoms. The Kier molecular flexibility index (Phi) is 5.84. The van der Waals surface area contributed by atoms with E-state index in [-0.39, 0.29) is 22.9 Å². The van der Waals surface area contributed by atoms with E-state index in [1.54, 1.807) is 36.4 Å². The molecule has 0 fully saturated rings. The number of hydrogen-bond acceptors (Lipinski definition) is 5. The van der Waals surface area contributed by atoms with Crippen LogP contribution in [0.2, 0.25) is 0 Å². The molecule has 1 N–H and O–H groups in total. The first-order valence-electron chi connectivity index (χ1n) is 8.78. The van der Waals surface area contributed by atoms with Gasteiger partial charge in [-0.25, -0.2) is 12.4 Å². The summed E-state index contributed by atoms with van der Waals surface area (Å²) in [6, 6.07) is 15.7. The third-order valence-corrected chi connectivity index (χ3v) is 6.05. The summed E-state index contributed by atoms with van der Waals surface area (Å²) in [6.45, 7) is 1.59. The van der Waals surface area contributed by atoms with Crippen LogP contribution in [0.4, 0.5) is 0 Å². The SMILES string of the molecule is COc1ccc(C(=O)CNC(=O)c2cccn2S(=O)(=O)c2ccc(C)cc2)cc1. The average Bonchev–Trinajstić information content (AvgIpc) is 3.23. The highest BCUT2D eigenvalue weighted by Crippen LogP contribution is 2.17. The number of benzene rings is 2. The first-order chi connectivity index (χ1) is 13.8. The van der Waals surface area contributed by atoms with Gasteiger partial charge in [-0.1, -0.05) is 17.7 Å². The van der Waals surface area contributed by atoms with Gasteiger partial charge in [-0.3, -0.25) is 9.59 Å². The van der Waals surface area contributed by atoms with E-state index in [1.165, 1.54) is 37.6 Å². The molecule has 0 radical (unpaired) electrons. The van der Waals surface area contributed by atoms with Crippen molar-refractivity contribution in [3.05, 3.63) is 83.7 Å². The van der Waals surface area contributed by atoms with E-state index in [0.29, 0.717) is 11.3 Å². The molecule has 1 amide bonds. The van der Waals surface area contributed by atoms with Crippen LogP contribution in [0, 0.1) is 6.92 Å². The number of carbonyl (C=O) groups is 2. The summed E-state index contributed by atoms with van der Waals surface area (Å²) in [5.74, 6) is -0.349. The lowest BCUT2D eigenvalue weighted by molar-refractivity contribution is 0.0900. The minimum Gasteiger partial charge on any atom is -0.497 e. The van der Waals surface area contributed by atoms with Gasteiger partial charge in [0.25, 0.3) is 15.9 Å². The molecule has 0 saturated heterocycles. The number of methoxy groups -OCH3 is 1. The largest absolute Gasteiger partial charge is 0.497 e. The van der Waals surface area contributed by atoms with E-state index in [4.69, 9.17) is 4.74 Å². The zero-order chi connectivity index (χ0) is 21.0. The number of aromatic nitrogens is 1. The number of hydrogen-bond donors (Lipinski definition) is 1. The molecule has 0 unspecified atom stereocenters. The van der Waals surface area contributed by atoms with E-state index in [9.17, 15) is 18.0 Å². The molecular formula is C21H20N2O5S. The van der Waals surface area contributed by atoms with Crippen molar-refractivity contribution in [3.63, 3.8) is 0 Å². The number of carbonyl (C=O) groups excluding carboxylic acids is 2. The lowest BCUT2D eigenvalue weighted by atomic mass is 10.1. The molecule has 1 aromatic heterocycles. The van der Waals surface area contributed by atoms with Crippen LogP contribution >= 0.6 is 0 Å². The Morgan fingerprint density at radius 3 is 2.28 bits per heavy atom. The van der Waals surface area contributed by atoms with Gasteiger partial charge >= 0.3 is 0 Å². The number of rotatable bonds is 7. The minimum absolute atomic E-state index is 0.0719. The van der Waals surface area contributed by atoms with E-state index < -0.39 is 15.9 Å². The standard InChI is InChI=1S/C21H20N2O5S/c1-15-5-11-18(12-6-15)29(26,27)23-13-3-4-19(23)21(25)22-14-20(24)16-7-9-17(28-2)10-8-16/h3-13H,14H2,1-2H3,(H,22,25). The molecule has 2 aromatic carbocycles. The van der Waals surface area contributed by atoms with Crippen LogP contribution < -0.4 is 10.1 Å². The number of amides is 1. The fraction of sp³-hybridized carbons (Fsp3) is 0.143. The predicted octanol–water partition coefficient (Wildman–Crippen LogP) is 2.65. The molecule has 0 atom stereocenters. The lowest BCUT2D eigenvalue weighted by Gasteiger charge is -2.11. The summed E-state index contributed by atoms with van der Waals surface area (Å²) in [5, 5.41) is 2.48. The van der Waals surface area contributed by atoms with Gasteiger partial charge in [0.15, 0.2) is 5.78 Å². The number of nitrogens with zero attached hydrogens (tertiary/aromatic N) is 1. The molecule has 0 saturated carbocycles. The lowest BCUT2D eigenvalue weighted by Crippen LogP contribution is -2.32. The van der Waals surface area contributed by atoms with Crippen molar-refractivity contribution in [1.29, 1.82) is 0 Å².